The van der Waals surface area contributed by atoms with Gasteiger partial charge in [-0.15, -0.1) is 0 Å². The highest BCUT2D eigenvalue weighted by molar-refractivity contribution is 6.34. The number of hydrogen-bond acceptors (Lipinski definition) is 7. The Labute approximate surface area is 255 Å². The number of nitriles is 1. The Balaban J connectivity index is 0.000000177. The Morgan fingerprint density at radius 1 is 0.884 bits per heavy atom. The van der Waals surface area contributed by atoms with Crippen molar-refractivity contribution < 1.29 is 19.0 Å². The first-order chi connectivity index (χ1) is 20.6. The Hall–Kier alpha value is -4.87. The average molecular weight is 600 g/mol. The van der Waals surface area contributed by atoms with Gasteiger partial charge in [0.1, 0.15) is 5.15 Å². The maximum Gasteiger partial charge on any atom is 0.338 e. The summed E-state index contributed by atoms with van der Waals surface area (Å²) in [5.74, 6) is 0.702. The first kappa shape index (κ1) is 32.6. The number of carbonyl (C=O) groups is 1. The summed E-state index contributed by atoms with van der Waals surface area (Å²) in [5.41, 5.74) is 1.06. The predicted molar refractivity (Wildman–Crippen MR) is 170 cm³/mol. The minimum Gasteiger partial charge on any atom is -0.476 e. The number of fused-ring (bicyclic) bond motifs is 2. The summed E-state index contributed by atoms with van der Waals surface area (Å²) in [6.45, 7) is 7.77. The third-order valence-electron chi connectivity index (χ3n) is 5.81. The van der Waals surface area contributed by atoms with Crippen LogP contribution in [0.1, 0.15) is 43.6 Å². The van der Waals surface area contributed by atoms with Gasteiger partial charge < -0.3 is 14.2 Å². The molecule has 0 atom stereocenters. The molecule has 2 heterocycles. The minimum absolute atomic E-state index is 0.0572. The van der Waals surface area contributed by atoms with E-state index in [4.69, 9.17) is 26.3 Å². The molecule has 1 N–H and O–H groups in total. The normalized spacial score (nSPS) is 10.3. The number of pyridine rings is 2. The molecule has 5 aromatic rings. The molecule has 0 aliphatic heterocycles. The molecule has 0 aliphatic carbocycles. The van der Waals surface area contributed by atoms with E-state index in [1.807, 2.05) is 88.4 Å². The summed E-state index contributed by atoms with van der Waals surface area (Å²) in [7, 11) is 1.32. The van der Waals surface area contributed by atoms with E-state index in [2.05, 4.69) is 14.7 Å². The lowest BCUT2D eigenvalue weighted by molar-refractivity contribution is 0.0599. The Morgan fingerprint density at radius 3 is 2.09 bits per heavy atom. The lowest BCUT2D eigenvalue weighted by atomic mass is 10.1. The smallest absolute Gasteiger partial charge is 0.338 e. The molecule has 0 spiro atoms. The van der Waals surface area contributed by atoms with Crippen molar-refractivity contribution in [1.29, 1.82) is 5.26 Å². The molecule has 222 valence electrons. The van der Waals surface area contributed by atoms with E-state index in [1.165, 1.54) is 7.11 Å². The van der Waals surface area contributed by atoms with Gasteiger partial charge in [0.25, 0.3) is 5.56 Å². The molecular formula is C34H34ClN3O5. The monoisotopic (exact) mass is 599 g/mol. The van der Waals surface area contributed by atoms with Gasteiger partial charge in [-0.2, -0.15) is 5.26 Å². The van der Waals surface area contributed by atoms with Crippen LogP contribution in [0.4, 0.5) is 0 Å². The van der Waals surface area contributed by atoms with Gasteiger partial charge >= 0.3 is 5.97 Å². The molecule has 0 unspecified atom stereocenters. The van der Waals surface area contributed by atoms with E-state index < -0.39 is 5.97 Å². The highest BCUT2D eigenvalue weighted by Gasteiger charge is 2.10. The van der Waals surface area contributed by atoms with Gasteiger partial charge in [0.15, 0.2) is 5.88 Å². The number of esters is 1. The third-order valence-corrected chi connectivity index (χ3v) is 6.10. The molecule has 8 nitrogen and oxygen atoms in total. The zero-order chi connectivity index (χ0) is 31.4. The van der Waals surface area contributed by atoms with E-state index in [0.717, 1.165) is 16.2 Å². The fraction of sp³-hybridized carbons (Fsp3) is 0.235. The lowest BCUT2D eigenvalue weighted by Gasteiger charge is -2.09. The average Bonchev–Trinajstić information content (AvgIpc) is 2.97. The number of benzene rings is 3. The van der Waals surface area contributed by atoms with Crippen molar-refractivity contribution in [1.82, 2.24) is 9.97 Å². The number of rotatable bonds is 6. The molecule has 43 heavy (non-hydrogen) atoms. The highest BCUT2D eigenvalue weighted by Crippen LogP contribution is 2.25. The summed E-state index contributed by atoms with van der Waals surface area (Å²) < 4.78 is 15.5. The lowest BCUT2D eigenvalue weighted by Crippen LogP contribution is -2.12. The van der Waals surface area contributed by atoms with Crippen molar-refractivity contribution in [2.45, 2.75) is 46.3 Å². The topological polar surface area (TPSA) is 114 Å². The van der Waals surface area contributed by atoms with E-state index >= 15 is 0 Å². The number of halogens is 1. The number of nitrogens with one attached hydrogen (secondary N) is 1. The van der Waals surface area contributed by atoms with E-state index in [0.29, 0.717) is 33.4 Å². The molecule has 0 amide bonds. The highest BCUT2D eigenvalue weighted by atomic mass is 35.5. The Kier molecular flexibility index (Phi) is 12.1. The number of methoxy groups -OCH3 is 1. The van der Waals surface area contributed by atoms with Gasteiger partial charge in [0.05, 0.1) is 37.4 Å². The van der Waals surface area contributed by atoms with E-state index in [-0.39, 0.29) is 24.2 Å². The van der Waals surface area contributed by atoms with Crippen molar-refractivity contribution in [2.24, 2.45) is 0 Å². The van der Waals surface area contributed by atoms with Crippen molar-refractivity contribution in [3.8, 4) is 17.8 Å². The van der Waals surface area contributed by atoms with Crippen molar-refractivity contribution in [3.63, 3.8) is 0 Å². The van der Waals surface area contributed by atoms with Crippen LogP contribution in [0.2, 0.25) is 5.15 Å². The van der Waals surface area contributed by atoms with Crippen LogP contribution in [0.5, 0.6) is 11.8 Å². The molecule has 5 rings (SSSR count). The second-order valence-corrected chi connectivity index (χ2v) is 10.2. The number of nitrogens with zero attached hydrogens (tertiary/aromatic N) is 2. The van der Waals surface area contributed by atoms with Crippen molar-refractivity contribution in [3.05, 3.63) is 112 Å². The zero-order valence-corrected chi connectivity index (χ0v) is 25.5. The van der Waals surface area contributed by atoms with E-state index in [9.17, 15) is 9.59 Å². The van der Waals surface area contributed by atoms with Crippen LogP contribution >= 0.6 is 11.6 Å². The number of hydrogen-bond donors (Lipinski definition) is 1. The number of aromatic nitrogens is 2. The SMILES string of the molecule is CC(C)Oc1cc2ccccc2c(=O)[nH]1.CC(C)Oc1cc2ccccc2c(Cl)n1.COC(=O)c1ccccc1CC#N. The maximum atomic E-state index is 11.6. The molecule has 0 saturated carbocycles. The zero-order valence-electron chi connectivity index (χ0n) is 24.8. The number of aromatic amines is 1. The molecule has 9 heteroatoms. The second kappa shape index (κ2) is 15.9. The second-order valence-electron chi connectivity index (χ2n) is 9.84. The largest absolute Gasteiger partial charge is 0.476 e. The first-order valence-corrected chi connectivity index (χ1v) is 14.0. The third kappa shape index (κ3) is 9.59. The van der Waals surface area contributed by atoms with Crippen molar-refractivity contribution >= 4 is 39.1 Å². The van der Waals surface area contributed by atoms with Gasteiger partial charge in [0, 0.05) is 22.9 Å². The van der Waals surface area contributed by atoms with Crippen LogP contribution in [-0.4, -0.2) is 35.3 Å². The summed E-state index contributed by atoms with van der Waals surface area (Å²) >= 11 is 6.05. The van der Waals surface area contributed by atoms with Gasteiger partial charge in [-0.25, -0.2) is 9.78 Å². The molecule has 3 aromatic carbocycles. The van der Waals surface area contributed by atoms with Crippen LogP contribution in [-0.2, 0) is 11.2 Å². The summed E-state index contributed by atoms with van der Waals surface area (Å²) in [5, 5.41) is 12.6. The number of H-pyrrole nitrogens is 1. The summed E-state index contributed by atoms with van der Waals surface area (Å²) in [4.78, 5) is 29.7. The fourth-order valence-electron chi connectivity index (χ4n) is 4.01. The van der Waals surface area contributed by atoms with Crippen LogP contribution in [0.25, 0.3) is 21.5 Å². The molecule has 0 aliphatic rings. The van der Waals surface area contributed by atoms with Crippen LogP contribution in [0.3, 0.4) is 0 Å². The molecule has 0 saturated heterocycles. The number of carbonyl (C=O) groups excluding carboxylic acids is 1. The summed E-state index contributed by atoms with van der Waals surface area (Å²) in [6.07, 6.45) is 0.391. The van der Waals surface area contributed by atoms with Crippen LogP contribution in [0.15, 0.2) is 89.7 Å². The maximum absolute atomic E-state index is 11.6. The standard InChI is InChI=1S/C12H12ClNO.C12H13NO2.C10H9NO2/c1-8(2)15-11-7-9-5-3-4-6-10(9)12(13)14-11;1-8(2)15-11-7-9-5-3-4-6-10(9)12(14)13-11;1-13-10(12)9-5-3-2-4-8(9)6-7-11/h3-8H,1-2H3;3-8H,1-2H3,(H,13,14);2-5H,6H2,1H3. The van der Waals surface area contributed by atoms with Gasteiger partial charge in [-0.3, -0.25) is 9.78 Å². The Bertz CT molecular complexity index is 1780. The predicted octanol–water partition coefficient (Wildman–Crippen LogP) is 7.53. The first-order valence-electron chi connectivity index (χ1n) is 13.7. The van der Waals surface area contributed by atoms with Gasteiger partial charge in [-0.1, -0.05) is 72.3 Å². The van der Waals surface area contributed by atoms with Crippen molar-refractivity contribution in [2.75, 3.05) is 7.11 Å². The minimum atomic E-state index is -0.397. The molecule has 0 radical (unpaired) electrons. The van der Waals surface area contributed by atoms with Crippen LogP contribution < -0.4 is 15.0 Å². The molecule has 0 bridgehead atoms. The van der Waals surface area contributed by atoms with Gasteiger partial charge in [-0.05, 0) is 56.2 Å². The number of ether oxygens (including phenoxy) is 3. The molecule has 0 fully saturated rings. The van der Waals surface area contributed by atoms with Crippen LogP contribution in [0, 0.1) is 11.3 Å². The quantitative estimate of drug-likeness (QED) is 0.158. The Morgan fingerprint density at radius 2 is 1.47 bits per heavy atom. The fourth-order valence-corrected chi connectivity index (χ4v) is 4.26. The molecule has 2 aromatic heterocycles. The van der Waals surface area contributed by atoms with Gasteiger partial charge in [0.2, 0.25) is 5.88 Å². The molecular weight excluding hydrogens is 566 g/mol. The van der Waals surface area contributed by atoms with E-state index in [1.54, 1.807) is 30.3 Å². The summed E-state index contributed by atoms with van der Waals surface area (Å²) in [6, 6.07) is 28.0.